The summed E-state index contributed by atoms with van der Waals surface area (Å²) in [5, 5.41) is 10.9. The van der Waals surface area contributed by atoms with E-state index in [9.17, 15) is 4.79 Å². The molecule has 3 rings (SSSR count). The van der Waals surface area contributed by atoms with E-state index in [1.807, 2.05) is 18.2 Å². The number of carbonyl (C=O) groups excluding carboxylic acids is 1. The van der Waals surface area contributed by atoms with E-state index in [-0.39, 0.29) is 5.91 Å². The first-order chi connectivity index (χ1) is 11.7. The van der Waals surface area contributed by atoms with Gasteiger partial charge in [0, 0.05) is 36.8 Å². The maximum absolute atomic E-state index is 12.6. The van der Waals surface area contributed by atoms with Crippen LogP contribution in [-0.2, 0) is 13.0 Å². The lowest BCUT2D eigenvalue weighted by atomic mass is 10.1. The minimum absolute atomic E-state index is 0.0912. The van der Waals surface area contributed by atoms with E-state index in [4.69, 9.17) is 4.52 Å². The van der Waals surface area contributed by atoms with Gasteiger partial charge in [0.15, 0.2) is 5.76 Å². The molecular formula is C17H19N5O2. The van der Waals surface area contributed by atoms with Crippen molar-refractivity contribution >= 4 is 5.91 Å². The zero-order chi connectivity index (χ0) is 16.9. The minimum atomic E-state index is -0.0912. The standard InChI is InChI=1S/C17H19N5O2/c1-3-5-15-14(10-19-20-15)17(23)22(2)11-13-8-16(21-24-13)12-6-4-7-18-9-12/h4,6-10H,3,5,11H2,1-2H3,(H,19,20). The van der Waals surface area contributed by atoms with E-state index in [0.29, 0.717) is 23.6 Å². The first kappa shape index (κ1) is 15.9. The summed E-state index contributed by atoms with van der Waals surface area (Å²) in [4.78, 5) is 18.2. The zero-order valence-electron chi connectivity index (χ0n) is 13.7. The average Bonchev–Trinajstić information content (AvgIpc) is 3.25. The molecule has 0 saturated carbocycles. The Morgan fingerprint density at radius 2 is 2.25 bits per heavy atom. The van der Waals surface area contributed by atoms with Gasteiger partial charge in [-0.25, -0.2) is 0 Å². The van der Waals surface area contributed by atoms with Gasteiger partial charge in [-0.2, -0.15) is 5.10 Å². The SMILES string of the molecule is CCCc1[nH]ncc1C(=O)N(C)Cc1cc(-c2cccnc2)no1. The number of amides is 1. The Kier molecular flexibility index (Phi) is 4.69. The van der Waals surface area contributed by atoms with E-state index in [2.05, 4.69) is 27.3 Å². The monoisotopic (exact) mass is 325 g/mol. The van der Waals surface area contributed by atoms with Gasteiger partial charge in [0.1, 0.15) is 5.69 Å². The largest absolute Gasteiger partial charge is 0.359 e. The van der Waals surface area contributed by atoms with Gasteiger partial charge in [0.05, 0.1) is 18.3 Å². The van der Waals surface area contributed by atoms with Crippen molar-refractivity contribution < 1.29 is 9.32 Å². The number of aryl methyl sites for hydroxylation is 1. The van der Waals surface area contributed by atoms with E-state index in [1.165, 1.54) is 0 Å². The third-order valence-electron chi connectivity index (χ3n) is 3.70. The van der Waals surface area contributed by atoms with Crippen LogP contribution in [0.4, 0.5) is 0 Å². The summed E-state index contributed by atoms with van der Waals surface area (Å²) in [7, 11) is 1.73. The minimum Gasteiger partial charge on any atom is -0.359 e. The van der Waals surface area contributed by atoms with Gasteiger partial charge in [-0.05, 0) is 18.6 Å². The van der Waals surface area contributed by atoms with Crippen LogP contribution in [-0.4, -0.2) is 38.2 Å². The highest BCUT2D eigenvalue weighted by Gasteiger charge is 2.19. The molecule has 3 heterocycles. The van der Waals surface area contributed by atoms with Crippen LogP contribution in [0, 0.1) is 0 Å². The number of nitrogens with zero attached hydrogens (tertiary/aromatic N) is 4. The van der Waals surface area contributed by atoms with E-state index >= 15 is 0 Å². The first-order valence-electron chi connectivity index (χ1n) is 7.82. The summed E-state index contributed by atoms with van der Waals surface area (Å²) in [5.41, 5.74) is 3.05. The fraction of sp³-hybridized carbons (Fsp3) is 0.294. The fourth-order valence-electron chi connectivity index (χ4n) is 2.49. The van der Waals surface area contributed by atoms with Crippen LogP contribution in [0.2, 0.25) is 0 Å². The third-order valence-corrected chi connectivity index (χ3v) is 3.70. The predicted molar refractivity (Wildman–Crippen MR) is 88.1 cm³/mol. The molecule has 124 valence electrons. The summed E-state index contributed by atoms with van der Waals surface area (Å²) in [6.07, 6.45) is 6.74. The van der Waals surface area contributed by atoms with Crippen LogP contribution in [0.25, 0.3) is 11.3 Å². The number of H-pyrrole nitrogens is 1. The molecule has 0 radical (unpaired) electrons. The third kappa shape index (κ3) is 3.34. The maximum Gasteiger partial charge on any atom is 0.257 e. The molecule has 1 amide bonds. The van der Waals surface area contributed by atoms with Gasteiger partial charge in [0.25, 0.3) is 5.91 Å². The molecule has 0 aromatic carbocycles. The molecule has 0 fully saturated rings. The Hall–Kier alpha value is -2.96. The maximum atomic E-state index is 12.6. The van der Waals surface area contributed by atoms with Crippen LogP contribution in [0.5, 0.6) is 0 Å². The van der Waals surface area contributed by atoms with Gasteiger partial charge >= 0.3 is 0 Å². The first-order valence-corrected chi connectivity index (χ1v) is 7.82. The van der Waals surface area contributed by atoms with Crippen LogP contribution in [0.15, 0.2) is 41.3 Å². The number of carbonyl (C=O) groups is 1. The van der Waals surface area contributed by atoms with Crippen molar-refractivity contribution in [3.8, 4) is 11.3 Å². The van der Waals surface area contributed by atoms with Gasteiger partial charge in [0.2, 0.25) is 0 Å². The summed E-state index contributed by atoms with van der Waals surface area (Å²) >= 11 is 0. The molecule has 24 heavy (non-hydrogen) atoms. The molecule has 0 spiro atoms. The lowest BCUT2D eigenvalue weighted by Crippen LogP contribution is -2.26. The fourth-order valence-corrected chi connectivity index (χ4v) is 2.49. The highest BCUT2D eigenvalue weighted by molar-refractivity contribution is 5.94. The van der Waals surface area contributed by atoms with Crippen molar-refractivity contribution in [1.29, 1.82) is 0 Å². The van der Waals surface area contributed by atoms with Gasteiger partial charge in [-0.15, -0.1) is 0 Å². The van der Waals surface area contributed by atoms with Gasteiger partial charge < -0.3 is 9.42 Å². The Bertz CT molecular complexity index is 809. The van der Waals surface area contributed by atoms with Crippen molar-refractivity contribution in [2.45, 2.75) is 26.3 Å². The predicted octanol–water partition coefficient (Wildman–Crippen LogP) is 2.68. The zero-order valence-corrected chi connectivity index (χ0v) is 13.7. The summed E-state index contributed by atoms with van der Waals surface area (Å²) in [6.45, 7) is 2.40. The van der Waals surface area contributed by atoms with Crippen LogP contribution < -0.4 is 0 Å². The Labute approximate surface area is 139 Å². The van der Waals surface area contributed by atoms with Crippen LogP contribution >= 0.6 is 0 Å². The average molecular weight is 325 g/mol. The number of nitrogens with one attached hydrogen (secondary N) is 1. The molecule has 0 aliphatic rings. The lowest BCUT2D eigenvalue weighted by molar-refractivity contribution is 0.0771. The topological polar surface area (TPSA) is 87.9 Å². The number of pyridine rings is 1. The summed E-state index contributed by atoms with van der Waals surface area (Å²) in [5.74, 6) is 0.525. The number of aromatic nitrogens is 4. The number of rotatable bonds is 6. The van der Waals surface area contributed by atoms with Crippen LogP contribution in [0.3, 0.4) is 0 Å². The Morgan fingerprint density at radius 1 is 1.38 bits per heavy atom. The van der Waals surface area contributed by atoms with Gasteiger partial charge in [-0.1, -0.05) is 18.5 Å². The number of aromatic amines is 1. The molecule has 0 aliphatic carbocycles. The van der Waals surface area contributed by atoms with E-state index in [0.717, 1.165) is 24.1 Å². The molecular weight excluding hydrogens is 306 g/mol. The van der Waals surface area contributed by atoms with Gasteiger partial charge in [-0.3, -0.25) is 14.9 Å². The second kappa shape index (κ2) is 7.08. The number of hydrogen-bond acceptors (Lipinski definition) is 5. The Morgan fingerprint density at radius 3 is 3.00 bits per heavy atom. The molecule has 7 nitrogen and oxygen atoms in total. The highest BCUT2D eigenvalue weighted by atomic mass is 16.5. The molecule has 0 bridgehead atoms. The molecule has 7 heteroatoms. The second-order valence-corrected chi connectivity index (χ2v) is 5.59. The quantitative estimate of drug-likeness (QED) is 0.753. The normalized spacial score (nSPS) is 10.8. The lowest BCUT2D eigenvalue weighted by Gasteiger charge is -2.15. The molecule has 0 saturated heterocycles. The van der Waals surface area contributed by atoms with Crippen molar-refractivity contribution in [1.82, 2.24) is 25.2 Å². The molecule has 1 N–H and O–H groups in total. The summed E-state index contributed by atoms with van der Waals surface area (Å²) in [6, 6.07) is 5.57. The summed E-state index contributed by atoms with van der Waals surface area (Å²) < 4.78 is 5.34. The van der Waals surface area contributed by atoms with E-state index < -0.39 is 0 Å². The smallest absolute Gasteiger partial charge is 0.257 e. The molecule has 0 atom stereocenters. The molecule has 3 aromatic rings. The molecule has 0 unspecified atom stereocenters. The van der Waals surface area contributed by atoms with Crippen molar-refractivity contribution in [3.63, 3.8) is 0 Å². The van der Waals surface area contributed by atoms with E-state index in [1.54, 1.807) is 30.5 Å². The number of hydrogen-bond donors (Lipinski definition) is 1. The van der Waals surface area contributed by atoms with Crippen molar-refractivity contribution in [3.05, 3.63) is 53.8 Å². The Balaban J connectivity index is 1.71. The van der Waals surface area contributed by atoms with Crippen LogP contribution in [0.1, 0.15) is 35.2 Å². The van der Waals surface area contributed by atoms with Crippen molar-refractivity contribution in [2.24, 2.45) is 0 Å². The second-order valence-electron chi connectivity index (χ2n) is 5.59. The van der Waals surface area contributed by atoms with Crippen molar-refractivity contribution in [2.75, 3.05) is 7.05 Å². The molecule has 0 aliphatic heterocycles. The molecule has 3 aromatic heterocycles. The highest BCUT2D eigenvalue weighted by Crippen LogP contribution is 2.19.